The zero-order valence-corrected chi connectivity index (χ0v) is 12.4. The van der Waals surface area contributed by atoms with Crippen molar-refractivity contribution in [2.75, 3.05) is 31.1 Å². The number of nitrogens with one attached hydrogen (secondary N) is 1. The second kappa shape index (κ2) is 6.77. The van der Waals surface area contributed by atoms with Crippen molar-refractivity contribution in [3.8, 4) is 5.75 Å². The number of ether oxygens (including phenoxy) is 1. The fourth-order valence-corrected chi connectivity index (χ4v) is 3.14. The lowest BCUT2D eigenvalue weighted by Gasteiger charge is -2.23. The Kier molecular flexibility index (Phi) is 4.56. The van der Waals surface area contributed by atoms with Crippen LogP contribution in [0.15, 0.2) is 41.8 Å². The average molecular weight is 288 g/mol. The van der Waals surface area contributed by atoms with Crippen LogP contribution in [-0.4, -0.2) is 26.2 Å². The van der Waals surface area contributed by atoms with Gasteiger partial charge in [-0.1, -0.05) is 18.2 Å². The molecule has 0 spiro atoms. The summed E-state index contributed by atoms with van der Waals surface area (Å²) < 4.78 is 5.78. The third-order valence-electron chi connectivity index (χ3n) is 3.47. The molecule has 0 saturated carbocycles. The molecule has 0 atom stereocenters. The van der Waals surface area contributed by atoms with Crippen LogP contribution >= 0.6 is 11.3 Å². The summed E-state index contributed by atoms with van der Waals surface area (Å²) in [7, 11) is 0. The normalized spacial score (nSPS) is 14.5. The molecule has 3 rings (SSSR count). The molecule has 1 aliphatic rings. The van der Waals surface area contributed by atoms with Crippen LogP contribution in [0.2, 0.25) is 0 Å². The minimum absolute atomic E-state index is 0.816. The lowest BCUT2D eigenvalue weighted by atomic mass is 10.2. The fourth-order valence-electron chi connectivity index (χ4n) is 2.47. The lowest BCUT2D eigenvalue weighted by molar-refractivity contribution is 0.322. The van der Waals surface area contributed by atoms with Crippen molar-refractivity contribution in [2.24, 2.45) is 0 Å². The van der Waals surface area contributed by atoms with Gasteiger partial charge in [-0.3, -0.25) is 0 Å². The van der Waals surface area contributed by atoms with Gasteiger partial charge in [0.25, 0.3) is 0 Å². The molecule has 20 heavy (non-hydrogen) atoms. The maximum atomic E-state index is 5.78. The van der Waals surface area contributed by atoms with Gasteiger partial charge in [0.2, 0.25) is 0 Å². The Morgan fingerprint density at radius 2 is 2.15 bits per heavy atom. The highest BCUT2D eigenvalue weighted by Crippen LogP contribution is 2.29. The van der Waals surface area contributed by atoms with Crippen molar-refractivity contribution >= 4 is 17.0 Å². The number of thiophene rings is 1. The largest absolute Gasteiger partial charge is 0.491 e. The van der Waals surface area contributed by atoms with E-state index in [0.29, 0.717) is 0 Å². The van der Waals surface area contributed by atoms with Crippen LogP contribution in [0.4, 0.5) is 5.69 Å². The molecule has 1 aromatic carbocycles. The Balaban J connectivity index is 1.54. The molecular formula is C16H20N2OS. The minimum Gasteiger partial charge on any atom is -0.491 e. The molecule has 0 unspecified atom stereocenters. The van der Waals surface area contributed by atoms with Crippen molar-refractivity contribution < 1.29 is 4.74 Å². The summed E-state index contributed by atoms with van der Waals surface area (Å²) in [5, 5.41) is 5.64. The standard InChI is InChI=1S/C16H20N2OS/c1-2-7-16-15(6-1)18(9-4-11-19-16)10-8-17-13-14-5-3-12-20-14/h1-3,5-7,12,17H,4,8-11,13H2. The van der Waals surface area contributed by atoms with Gasteiger partial charge in [-0.2, -0.15) is 0 Å². The van der Waals surface area contributed by atoms with E-state index in [9.17, 15) is 0 Å². The third kappa shape index (κ3) is 3.32. The SMILES string of the molecule is c1csc(CNCCN2CCCOc3ccccc32)c1. The number of nitrogens with zero attached hydrogens (tertiary/aromatic N) is 1. The van der Waals surface area contributed by atoms with Crippen molar-refractivity contribution in [1.29, 1.82) is 0 Å². The number of fused-ring (bicyclic) bond motifs is 1. The van der Waals surface area contributed by atoms with E-state index < -0.39 is 0 Å². The smallest absolute Gasteiger partial charge is 0.142 e. The Morgan fingerprint density at radius 3 is 3.05 bits per heavy atom. The van der Waals surface area contributed by atoms with Crippen molar-refractivity contribution in [1.82, 2.24) is 5.32 Å². The molecule has 2 aromatic rings. The first-order valence-corrected chi connectivity index (χ1v) is 8.01. The summed E-state index contributed by atoms with van der Waals surface area (Å²) in [5.74, 6) is 1.02. The molecule has 4 heteroatoms. The first kappa shape index (κ1) is 13.5. The maximum Gasteiger partial charge on any atom is 0.142 e. The summed E-state index contributed by atoms with van der Waals surface area (Å²) in [6.07, 6.45) is 1.08. The molecule has 0 bridgehead atoms. The topological polar surface area (TPSA) is 24.5 Å². The summed E-state index contributed by atoms with van der Waals surface area (Å²) in [6.45, 7) is 4.86. The van der Waals surface area contributed by atoms with E-state index in [0.717, 1.165) is 45.0 Å². The lowest BCUT2D eigenvalue weighted by Crippen LogP contribution is -2.32. The van der Waals surface area contributed by atoms with E-state index in [4.69, 9.17) is 4.74 Å². The van der Waals surface area contributed by atoms with E-state index in [2.05, 4.69) is 45.9 Å². The number of anilines is 1. The second-order valence-corrected chi connectivity index (χ2v) is 5.95. The summed E-state index contributed by atoms with van der Waals surface area (Å²) in [4.78, 5) is 3.81. The van der Waals surface area contributed by atoms with Crippen LogP contribution in [-0.2, 0) is 6.54 Å². The van der Waals surface area contributed by atoms with Gasteiger partial charge >= 0.3 is 0 Å². The van der Waals surface area contributed by atoms with Crippen molar-refractivity contribution in [2.45, 2.75) is 13.0 Å². The molecule has 0 radical (unpaired) electrons. The molecule has 2 heterocycles. The summed E-state index contributed by atoms with van der Waals surface area (Å²) in [6, 6.07) is 12.6. The molecule has 106 valence electrons. The van der Waals surface area contributed by atoms with E-state index in [1.807, 2.05) is 6.07 Å². The van der Waals surface area contributed by atoms with Gasteiger partial charge in [-0.05, 0) is 30.0 Å². The number of hydrogen-bond donors (Lipinski definition) is 1. The van der Waals surface area contributed by atoms with Gasteiger partial charge in [0.15, 0.2) is 0 Å². The van der Waals surface area contributed by atoms with Crippen LogP contribution < -0.4 is 15.0 Å². The third-order valence-corrected chi connectivity index (χ3v) is 4.35. The van der Waals surface area contributed by atoms with Crippen LogP contribution in [0.3, 0.4) is 0 Å². The van der Waals surface area contributed by atoms with E-state index in [-0.39, 0.29) is 0 Å². The molecule has 3 nitrogen and oxygen atoms in total. The van der Waals surface area contributed by atoms with Crippen molar-refractivity contribution in [3.63, 3.8) is 0 Å². The number of para-hydroxylation sites is 2. The van der Waals surface area contributed by atoms with Gasteiger partial charge < -0.3 is 15.0 Å². The molecule has 0 saturated heterocycles. The summed E-state index contributed by atoms with van der Waals surface area (Å²) in [5.41, 5.74) is 1.22. The maximum absolute atomic E-state index is 5.78. The first-order chi connectivity index (χ1) is 9.93. The predicted octanol–water partition coefficient (Wildman–Crippen LogP) is 3.13. The van der Waals surface area contributed by atoms with Crippen molar-refractivity contribution in [3.05, 3.63) is 46.7 Å². The highest BCUT2D eigenvalue weighted by molar-refractivity contribution is 7.09. The van der Waals surface area contributed by atoms with Gasteiger partial charge in [0.1, 0.15) is 5.75 Å². The molecule has 0 amide bonds. The van der Waals surface area contributed by atoms with E-state index in [1.54, 1.807) is 11.3 Å². The zero-order chi connectivity index (χ0) is 13.6. The van der Waals surface area contributed by atoms with Gasteiger partial charge in [0.05, 0.1) is 12.3 Å². The minimum atomic E-state index is 0.816. The Hall–Kier alpha value is -1.52. The molecule has 1 N–H and O–H groups in total. The Labute approximate surface area is 124 Å². The highest BCUT2D eigenvalue weighted by atomic mass is 32.1. The Morgan fingerprint density at radius 1 is 1.20 bits per heavy atom. The average Bonchev–Trinajstić information content (AvgIpc) is 2.91. The first-order valence-electron chi connectivity index (χ1n) is 7.13. The van der Waals surface area contributed by atoms with Gasteiger partial charge in [-0.15, -0.1) is 11.3 Å². The number of rotatable bonds is 5. The molecule has 0 aliphatic carbocycles. The predicted molar refractivity (Wildman–Crippen MR) is 84.8 cm³/mol. The number of hydrogen-bond acceptors (Lipinski definition) is 4. The molecular weight excluding hydrogens is 268 g/mol. The monoisotopic (exact) mass is 288 g/mol. The van der Waals surface area contributed by atoms with Crippen LogP contribution in [0.5, 0.6) is 5.75 Å². The molecule has 0 fully saturated rings. The Bertz CT molecular complexity index is 527. The second-order valence-electron chi connectivity index (χ2n) is 4.91. The molecule has 1 aliphatic heterocycles. The highest BCUT2D eigenvalue weighted by Gasteiger charge is 2.14. The fraction of sp³-hybridized carbons (Fsp3) is 0.375. The number of benzene rings is 1. The van der Waals surface area contributed by atoms with E-state index in [1.165, 1.54) is 10.6 Å². The van der Waals surface area contributed by atoms with E-state index >= 15 is 0 Å². The quantitative estimate of drug-likeness (QED) is 0.856. The molecule has 1 aromatic heterocycles. The van der Waals surface area contributed by atoms with Crippen LogP contribution in [0.25, 0.3) is 0 Å². The van der Waals surface area contributed by atoms with Gasteiger partial charge in [0, 0.05) is 31.1 Å². The van der Waals surface area contributed by atoms with Gasteiger partial charge in [-0.25, -0.2) is 0 Å². The van der Waals surface area contributed by atoms with Crippen LogP contribution in [0, 0.1) is 0 Å². The summed E-state index contributed by atoms with van der Waals surface area (Å²) >= 11 is 1.80. The van der Waals surface area contributed by atoms with Crippen LogP contribution in [0.1, 0.15) is 11.3 Å². The zero-order valence-electron chi connectivity index (χ0n) is 11.5.